The standard InChI is InChI=1S/C6H12OSe.K/c1-2-3-4-5-6(7)8;/h2-5H2,1H3,(H,7,8);/q;+1/p-1. The van der Waals surface area contributed by atoms with Gasteiger partial charge in [0.25, 0.3) is 0 Å². The zero-order valence-electron chi connectivity index (χ0n) is 6.14. The molecule has 3 heteroatoms. The molecule has 0 fully saturated rings. The maximum atomic E-state index is 10.8. The molecular weight excluding hydrogens is 206 g/mol. The van der Waals surface area contributed by atoms with Gasteiger partial charge in [-0.05, 0) is 0 Å². The van der Waals surface area contributed by atoms with E-state index >= 15 is 0 Å². The van der Waals surface area contributed by atoms with Gasteiger partial charge < -0.3 is 0 Å². The van der Waals surface area contributed by atoms with Crippen LogP contribution in [0.2, 0.25) is 0 Å². The summed E-state index contributed by atoms with van der Waals surface area (Å²) in [5.41, 5.74) is 0.431. The van der Waals surface area contributed by atoms with E-state index in [0.717, 1.165) is 58.2 Å². The Hall–Kier alpha value is 1.83. The quantitative estimate of drug-likeness (QED) is 0.493. The molecule has 0 spiro atoms. The summed E-state index contributed by atoms with van der Waals surface area (Å²) < 4.78 is 0.552. The van der Waals surface area contributed by atoms with Crippen LogP contribution in [0.5, 0.6) is 0 Å². The fourth-order valence-corrected chi connectivity index (χ4v) is 3.01. The number of carbonyl (C=O) groups excluding carboxylic acids is 1. The molecule has 0 saturated carbocycles. The van der Waals surface area contributed by atoms with Crippen molar-refractivity contribution in [3.63, 3.8) is 0 Å². The summed E-state index contributed by atoms with van der Waals surface area (Å²) in [6.07, 6.45) is 4.46. The number of hydrogen-bond acceptors (Lipinski definition) is 1. The summed E-state index contributed by atoms with van der Waals surface area (Å²) in [5.74, 6) is 0. The number of carbonyl (C=O) groups is 1. The van der Waals surface area contributed by atoms with Gasteiger partial charge >= 0.3 is 93.1 Å². The molecule has 0 aromatic rings. The van der Waals surface area contributed by atoms with Gasteiger partial charge in [0.1, 0.15) is 0 Å². The second-order valence-corrected chi connectivity index (χ2v) is 7.16. The van der Waals surface area contributed by atoms with Crippen molar-refractivity contribution in [1.29, 1.82) is 0 Å². The summed E-state index contributed by atoms with van der Waals surface area (Å²) in [4.78, 5) is 10.8. The van der Waals surface area contributed by atoms with Crippen LogP contribution in [-0.2, 0) is 4.79 Å². The average Bonchev–Trinajstić information content (AvgIpc) is 1.89. The minimum atomic E-state index is 0.431. The van der Waals surface area contributed by atoms with E-state index in [9.17, 15) is 4.79 Å². The average molecular weight is 217 g/mol. The third-order valence-corrected chi connectivity index (χ3v) is 6.29. The second-order valence-electron chi connectivity index (χ2n) is 2.03. The van der Waals surface area contributed by atoms with E-state index in [2.05, 4.69) is 6.92 Å². The van der Waals surface area contributed by atoms with Gasteiger partial charge in [0, 0.05) is 0 Å². The van der Waals surface area contributed by atoms with Crippen molar-refractivity contribution in [3.05, 3.63) is 0 Å². The predicted molar refractivity (Wildman–Crippen MR) is 40.7 cm³/mol. The van der Waals surface area contributed by atoms with Crippen LogP contribution in [0.1, 0.15) is 32.6 Å². The number of unbranched alkanes of at least 4 members (excludes halogenated alkanes) is 2. The zero-order valence-corrected chi connectivity index (χ0v) is 11.0. The zero-order chi connectivity index (χ0) is 7.11. The van der Waals surface area contributed by atoms with Crippen molar-refractivity contribution in [2.45, 2.75) is 32.6 Å². The van der Waals surface area contributed by atoms with E-state index in [1.165, 1.54) is 12.8 Å². The molecule has 0 aliphatic carbocycles. The van der Waals surface area contributed by atoms with Crippen LogP contribution in [0, 0.1) is 0 Å². The van der Waals surface area contributed by atoms with Crippen molar-refractivity contribution in [1.82, 2.24) is 0 Å². The molecule has 9 heavy (non-hydrogen) atoms. The molecule has 0 N–H and O–H groups in total. The van der Waals surface area contributed by atoms with Gasteiger partial charge in [-0.2, -0.15) is 0 Å². The Morgan fingerprint density at radius 2 is 2.22 bits per heavy atom. The Kier molecular flexibility index (Phi) is 9.54. The first-order chi connectivity index (χ1) is 4.31. The van der Waals surface area contributed by atoms with Crippen molar-refractivity contribution in [3.8, 4) is 0 Å². The summed E-state index contributed by atoms with van der Waals surface area (Å²) in [5, 5.41) is 0. The van der Waals surface area contributed by atoms with Crippen LogP contribution < -0.4 is 0 Å². The molecule has 1 nitrogen and oxygen atoms in total. The van der Waals surface area contributed by atoms with Crippen LogP contribution in [0.15, 0.2) is 0 Å². The molecule has 0 atom stereocenters. The Labute approximate surface area is 91.2 Å². The van der Waals surface area contributed by atoms with Gasteiger partial charge in [0.2, 0.25) is 0 Å². The molecule has 0 amide bonds. The van der Waals surface area contributed by atoms with Crippen molar-refractivity contribution in [2.24, 2.45) is 0 Å². The molecular formula is C6H11KOSe. The van der Waals surface area contributed by atoms with E-state index in [0.29, 0.717) is 10.3 Å². The molecule has 0 aliphatic rings. The second kappa shape index (κ2) is 7.93. The van der Waals surface area contributed by atoms with Gasteiger partial charge in [-0.15, -0.1) is 0 Å². The Morgan fingerprint density at radius 1 is 1.56 bits per heavy atom. The predicted octanol–water partition coefficient (Wildman–Crippen LogP) is 0.881. The van der Waals surface area contributed by atoms with Crippen LogP contribution in [0.25, 0.3) is 0 Å². The van der Waals surface area contributed by atoms with E-state index in [1.54, 1.807) is 0 Å². The summed E-state index contributed by atoms with van der Waals surface area (Å²) in [6, 6.07) is 0. The molecule has 48 valence electrons. The Morgan fingerprint density at radius 3 is 2.67 bits per heavy atom. The maximum absolute atomic E-state index is 10.8. The topological polar surface area (TPSA) is 17.1 Å². The fraction of sp³-hybridized carbons (Fsp3) is 0.833. The molecule has 0 heterocycles. The first kappa shape index (κ1) is 10.8. The third-order valence-electron chi connectivity index (χ3n) is 1.21. The first-order valence-corrected chi connectivity index (χ1v) is 12.6. The molecule has 0 saturated heterocycles. The fourth-order valence-electron chi connectivity index (χ4n) is 0.621. The van der Waals surface area contributed by atoms with E-state index in [-0.39, 0.29) is 0 Å². The Balaban J connectivity index is 2.97. The minimum absolute atomic E-state index is 0.431. The number of hydrogen-bond donors (Lipinski definition) is 0. The van der Waals surface area contributed by atoms with Crippen LogP contribution >= 0.6 is 0 Å². The number of rotatable bonds is 5. The van der Waals surface area contributed by atoms with E-state index in [1.807, 2.05) is 0 Å². The van der Waals surface area contributed by atoms with Crippen molar-refractivity contribution in [2.75, 3.05) is 0 Å². The van der Waals surface area contributed by atoms with Gasteiger partial charge in [-0.1, -0.05) is 0 Å². The molecule has 0 aromatic heterocycles. The van der Waals surface area contributed by atoms with E-state index < -0.39 is 0 Å². The van der Waals surface area contributed by atoms with Crippen molar-refractivity contribution < 1.29 is 4.79 Å². The van der Waals surface area contributed by atoms with Crippen LogP contribution in [0.3, 0.4) is 0 Å². The van der Waals surface area contributed by atoms with E-state index in [4.69, 9.17) is 0 Å². The summed E-state index contributed by atoms with van der Waals surface area (Å²) in [7, 11) is 0. The monoisotopic (exact) mass is 218 g/mol. The van der Waals surface area contributed by atoms with Gasteiger partial charge in [0.05, 0.1) is 0 Å². The normalized spacial score (nSPS) is 9.67. The molecule has 0 radical (unpaired) electrons. The van der Waals surface area contributed by atoms with Crippen LogP contribution in [0.4, 0.5) is 0 Å². The molecule has 0 rings (SSSR count). The van der Waals surface area contributed by atoms with Crippen molar-refractivity contribution >= 4 is 55.7 Å². The molecule has 0 unspecified atom stereocenters. The van der Waals surface area contributed by atoms with Gasteiger partial charge in [-0.25, -0.2) is 0 Å². The SMILES string of the molecule is CCCCCC(=O)[Se][K]. The Bertz CT molecular complexity index is 85.1. The van der Waals surface area contributed by atoms with Gasteiger partial charge in [-0.3, -0.25) is 0 Å². The van der Waals surface area contributed by atoms with Gasteiger partial charge in [0.15, 0.2) is 0 Å². The summed E-state index contributed by atoms with van der Waals surface area (Å²) >= 11 is 0.795. The first-order valence-electron chi connectivity index (χ1n) is 3.38. The molecule has 0 aliphatic heterocycles. The summed E-state index contributed by atoms with van der Waals surface area (Å²) in [6.45, 7) is 2.17. The molecule has 0 aromatic carbocycles. The third kappa shape index (κ3) is 7.73. The molecule has 0 bridgehead atoms. The van der Waals surface area contributed by atoms with Crippen LogP contribution in [-0.4, -0.2) is 55.7 Å².